The van der Waals surface area contributed by atoms with Crippen LogP contribution in [0.4, 0.5) is 0 Å². The minimum atomic E-state index is -0.977. The zero-order valence-electron chi connectivity index (χ0n) is 11.4. The van der Waals surface area contributed by atoms with Crippen molar-refractivity contribution in [2.45, 2.75) is 13.3 Å². The summed E-state index contributed by atoms with van der Waals surface area (Å²) in [5.74, 6) is -1.28. The molecular formula is C14H11Cl2NO3S2. The molecule has 0 spiro atoms. The van der Waals surface area contributed by atoms with Gasteiger partial charge in [-0.1, -0.05) is 47.2 Å². The van der Waals surface area contributed by atoms with E-state index in [1.807, 2.05) is 0 Å². The lowest BCUT2D eigenvalue weighted by Crippen LogP contribution is -2.30. The Balaban J connectivity index is 2.25. The Morgan fingerprint density at radius 2 is 2.00 bits per heavy atom. The van der Waals surface area contributed by atoms with Crippen LogP contribution >= 0.6 is 47.2 Å². The van der Waals surface area contributed by atoms with Crippen LogP contribution in [0, 0.1) is 6.92 Å². The molecule has 0 radical (unpaired) electrons. The van der Waals surface area contributed by atoms with E-state index in [9.17, 15) is 9.59 Å². The minimum Gasteiger partial charge on any atom is -0.481 e. The Bertz CT molecular complexity index is 680. The molecule has 1 aromatic rings. The Hall–Kier alpha value is -1.08. The molecule has 0 aliphatic carbocycles. The number of benzene rings is 1. The molecule has 1 N–H and O–H groups in total. The first-order valence-electron chi connectivity index (χ1n) is 6.22. The van der Waals surface area contributed by atoms with Gasteiger partial charge in [-0.2, -0.15) is 0 Å². The number of carbonyl (C=O) groups is 2. The number of thioether (sulfide) groups is 1. The number of carbonyl (C=O) groups excluding carboxylic acids is 1. The SMILES string of the molecule is Cc1c(Cl)cc(/C=C2\SC(=S)N(CCC(=O)O)C2=O)cc1Cl. The molecule has 1 amide bonds. The van der Waals surface area contributed by atoms with E-state index in [-0.39, 0.29) is 18.9 Å². The van der Waals surface area contributed by atoms with Crippen molar-refractivity contribution in [2.75, 3.05) is 6.54 Å². The number of hydrogen-bond donors (Lipinski definition) is 1. The maximum Gasteiger partial charge on any atom is 0.305 e. The van der Waals surface area contributed by atoms with Crippen molar-refractivity contribution in [3.63, 3.8) is 0 Å². The summed E-state index contributed by atoms with van der Waals surface area (Å²) in [4.78, 5) is 24.6. The number of thiocarbonyl (C=S) groups is 1. The van der Waals surface area contributed by atoms with Gasteiger partial charge in [-0.15, -0.1) is 0 Å². The monoisotopic (exact) mass is 375 g/mol. The first-order chi connectivity index (χ1) is 10.3. The van der Waals surface area contributed by atoms with Crippen molar-refractivity contribution in [1.29, 1.82) is 0 Å². The maximum atomic E-state index is 12.3. The van der Waals surface area contributed by atoms with E-state index in [1.165, 1.54) is 4.90 Å². The van der Waals surface area contributed by atoms with E-state index >= 15 is 0 Å². The standard InChI is InChI=1S/C14H11Cl2NO3S2/c1-7-9(15)4-8(5-10(7)16)6-11-13(20)17(14(21)22-11)3-2-12(18)19/h4-6H,2-3H2,1H3,(H,18,19)/b11-6-. The van der Waals surface area contributed by atoms with Crippen LogP contribution in [0.2, 0.25) is 10.0 Å². The summed E-state index contributed by atoms with van der Waals surface area (Å²) < 4.78 is 0.349. The third-order valence-electron chi connectivity index (χ3n) is 3.02. The van der Waals surface area contributed by atoms with E-state index in [2.05, 4.69) is 0 Å². The van der Waals surface area contributed by atoms with Crippen LogP contribution < -0.4 is 0 Å². The zero-order valence-corrected chi connectivity index (χ0v) is 14.6. The summed E-state index contributed by atoms with van der Waals surface area (Å²) in [5, 5.41) is 9.73. The summed E-state index contributed by atoms with van der Waals surface area (Å²) in [6.07, 6.45) is 1.50. The second-order valence-corrected chi connectivity index (χ2v) is 7.08. The Morgan fingerprint density at radius 3 is 2.55 bits per heavy atom. The summed E-state index contributed by atoms with van der Waals surface area (Å²) in [7, 11) is 0. The fraction of sp³-hybridized carbons (Fsp3) is 0.214. The zero-order chi connectivity index (χ0) is 16.4. The van der Waals surface area contributed by atoms with Crippen LogP contribution in [0.3, 0.4) is 0 Å². The van der Waals surface area contributed by atoms with Crippen LogP contribution in [0.5, 0.6) is 0 Å². The fourth-order valence-electron chi connectivity index (χ4n) is 1.80. The average Bonchev–Trinajstić information content (AvgIpc) is 2.68. The highest BCUT2D eigenvalue weighted by molar-refractivity contribution is 8.26. The van der Waals surface area contributed by atoms with Crippen molar-refractivity contribution in [3.8, 4) is 0 Å². The third-order valence-corrected chi connectivity index (χ3v) is 5.19. The lowest BCUT2D eigenvalue weighted by molar-refractivity contribution is -0.137. The largest absolute Gasteiger partial charge is 0.481 e. The van der Waals surface area contributed by atoms with Crippen LogP contribution in [0.1, 0.15) is 17.5 Å². The molecular weight excluding hydrogens is 365 g/mol. The van der Waals surface area contributed by atoms with Gasteiger partial charge in [0, 0.05) is 16.6 Å². The number of aliphatic carboxylic acids is 1. The van der Waals surface area contributed by atoms with E-state index in [0.717, 1.165) is 17.3 Å². The predicted octanol–water partition coefficient (Wildman–Crippen LogP) is 3.98. The van der Waals surface area contributed by atoms with Gasteiger partial charge in [-0.05, 0) is 36.3 Å². The number of nitrogens with zero attached hydrogens (tertiary/aromatic N) is 1. The van der Waals surface area contributed by atoms with Crippen LogP contribution in [0.25, 0.3) is 6.08 Å². The molecule has 1 aromatic carbocycles. The van der Waals surface area contributed by atoms with Gasteiger partial charge in [0.05, 0.1) is 11.3 Å². The van der Waals surface area contributed by atoms with Gasteiger partial charge in [0.25, 0.3) is 5.91 Å². The van der Waals surface area contributed by atoms with Gasteiger partial charge >= 0.3 is 5.97 Å². The minimum absolute atomic E-state index is 0.0623. The molecule has 0 atom stereocenters. The van der Waals surface area contributed by atoms with Gasteiger partial charge in [-0.3, -0.25) is 14.5 Å². The highest BCUT2D eigenvalue weighted by atomic mass is 35.5. The molecule has 1 heterocycles. The first-order valence-corrected chi connectivity index (χ1v) is 8.20. The molecule has 1 aliphatic rings. The molecule has 2 rings (SSSR count). The van der Waals surface area contributed by atoms with Gasteiger partial charge < -0.3 is 5.11 Å². The number of amides is 1. The third kappa shape index (κ3) is 3.81. The molecule has 22 heavy (non-hydrogen) atoms. The molecule has 8 heteroatoms. The summed E-state index contributed by atoms with van der Waals surface area (Å²) in [6.45, 7) is 1.87. The number of hydrogen-bond acceptors (Lipinski definition) is 4. The predicted molar refractivity (Wildman–Crippen MR) is 93.3 cm³/mol. The quantitative estimate of drug-likeness (QED) is 0.636. The molecule has 0 saturated carbocycles. The number of carboxylic acids is 1. The molecule has 1 aliphatic heterocycles. The van der Waals surface area contributed by atoms with Crippen LogP contribution in [-0.2, 0) is 9.59 Å². The Kier molecular flexibility index (Phi) is 5.50. The maximum absolute atomic E-state index is 12.3. The Morgan fingerprint density at radius 1 is 1.41 bits per heavy atom. The van der Waals surface area contributed by atoms with E-state index in [0.29, 0.717) is 24.8 Å². The van der Waals surface area contributed by atoms with Gasteiger partial charge in [0.1, 0.15) is 4.32 Å². The normalized spacial score (nSPS) is 16.7. The van der Waals surface area contributed by atoms with E-state index < -0.39 is 5.97 Å². The molecule has 116 valence electrons. The van der Waals surface area contributed by atoms with Crippen LogP contribution in [-0.4, -0.2) is 32.7 Å². The second-order valence-electron chi connectivity index (χ2n) is 4.59. The molecule has 0 unspecified atom stereocenters. The molecule has 0 bridgehead atoms. The molecule has 1 saturated heterocycles. The highest BCUT2D eigenvalue weighted by Crippen LogP contribution is 2.34. The number of rotatable bonds is 4. The molecule has 0 aromatic heterocycles. The second kappa shape index (κ2) is 7.00. The number of halogens is 2. The van der Waals surface area contributed by atoms with Crippen molar-refractivity contribution >= 4 is 69.5 Å². The van der Waals surface area contributed by atoms with Crippen molar-refractivity contribution < 1.29 is 14.7 Å². The van der Waals surface area contributed by atoms with Crippen LogP contribution in [0.15, 0.2) is 17.0 Å². The summed E-state index contributed by atoms with van der Waals surface area (Å²) >= 11 is 18.4. The van der Waals surface area contributed by atoms with E-state index in [1.54, 1.807) is 25.1 Å². The fourth-order valence-corrected chi connectivity index (χ4v) is 3.61. The van der Waals surface area contributed by atoms with Crippen molar-refractivity contribution in [2.24, 2.45) is 0 Å². The van der Waals surface area contributed by atoms with Gasteiger partial charge in [-0.25, -0.2) is 0 Å². The van der Waals surface area contributed by atoms with Crippen molar-refractivity contribution in [3.05, 3.63) is 38.2 Å². The van der Waals surface area contributed by atoms with Gasteiger partial charge in [0.2, 0.25) is 0 Å². The Labute approximate surface area is 147 Å². The number of carboxylic acid groups (broad SMARTS) is 1. The average molecular weight is 376 g/mol. The summed E-state index contributed by atoms with van der Waals surface area (Å²) in [5.41, 5.74) is 1.47. The first kappa shape index (κ1) is 17.3. The topological polar surface area (TPSA) is 57.6 Å². The lowest BCUT2D eigenvalue weighted by atomic mass is 10.1. The smallest absolute Gasteiger partial charge is 0.305 e. The van der Waals surface area contributed by atoms with Gasteiger partial charge in [0.15, 0.2) is 0 Å². The lowest BCUT2D eigenvalue weighted by Gasteiger charge is -2.12. The van der Waals surface area contributed by atoms with E-state index in [4.69, 9.17) is 40.5 Å². The highest BCUT2D eigenvalue weighted by Gasteiger charge is 2.32. The molecule has 4 nitrogen and oxygen atoms in total. The molecule has 1 fully saturated rings. The van der Waals surface area contributed by atoms with Crippen molar-refractivity contribution in [1.82, 2.24) is 4.90 Å². The summed E-state index contributed by atoms with van der Waals surface area (Å²) in [6, 6.07) is 3.43.